The zero-order chi connectivity index (χ0) is 15.7. The van der Waals surface area contributed by atoms with Crippen LogP contribution in [0, 0.1) is 10.1 Å². The first-order chi connectivity index (χ1) is 10.0. The van der Waals surface area contributed by atoms with Crippen molar-refractivity contribution < 1.29 is 29.1 Å². The number of hydrogen-bond acceptors (Lipinski definition) is 6. The third kappa shape index (κ3) is 6.34. The topological polar surface area (TPSA) is 128 Å². The Hall–Kier alpha value is -2.68. The molecule has 2 N–H and O–H groups in total. The Morgan fingerprint density at radius 2 is 2.00 bits per heavy atom. The highest BCUT2D eigenvalue weighted by atomic mass is 16.6. The van der Waals surface area contributed by atoms with Gasteiger partial charge in [0.25, 0.3) is 5.91 Å². The summed E-state index contributed by atoms with van der Waals surface area (Å²) in [5, 5.41) is 21.5. The minimum absolute atomic E-state index is 0.000206. The molecule has 1 aromatic carbocycles. The van der Waals surface area contributed by atoms with Crippen molar-refractivity contribution in [3.8, 4) is 5.75 Å². The van der Waals surface area contributed by atoms with Gasteiger partial charge in [-0.2, -0.15) is 0 Å². The van der Waals surface area contributed by atoms with Crippen molar-refractivity contribution >= 4 is 17.6 Å². The Labute approximate surface area is 119 Å². The van der Waals surface area contributed by atoms with E-state index >= 15 is 0 Å². The van der Waals surface area contributed by atoms with Crippen LogP contribution in [0.25, 0.3) is 0 Å². The molecule has 0 aliphatic rings. The third-order valence-electron chi connectivity index (χ3n) is 2.21. The summed E-state index contributed by atoms with van der Waals surface area (Å²) in [4.78, 5) is 31.7. The number of hydrogen-bond donors (Lipinski definition) is 2. The maximum Gasteiger partial charge on any atom is 0.329 e. The summed E-state index contributed by atoms with van der Waals surface area (Å²) in [6.45, 7) is -0.664. The van der Waals surface area contributed by atoms with E-state index in [1.54, 1.807) is 6.07 Å². The Kier molecular flexibility index (Phi) is 6.61. The number of nitro groups is 1. The minimum Gasteiger partial charge on any atom is -0.480 e. The van der Waals surface area contributed by atoms with Crippen LogP contribution in [0.3, 0.4) is 0 Å². The van der Waals surface area contributed by atoms with Crippen LogP contribution in [0.5, 0.6) is 5.75 Å². The molecule has 0 atom stereocenters. The van der Waals surface area contributed by atoms with E-state index in [1.807, 2.05) is 0 Å². The number of carbonyl (C=O) groups excluding carboxylic acids is 1. The number of nitrogens with one attached hydrogen (secondary N) is 1. The van der Waals surface area contributed by atoms with Gasteiger partial charge in [0, 0.05) is 12.6 Å². The van der Waals surface area contributed by atoms with Gasteiger partial charge < -0.3 is 19.9 Å². The van der Waals surface area contributed by atoms with Crippen LogP contribution in [0.2, 0.25) is 0 Å². The highest BCUT2D eigenvalue weighted by molar-refractivity contribution is 5.77. The number of carboxylic acid groups (broad SMARTS) is 1. The van der Waals surface area contributed by atoms with Crippen LogP contribution in [-0.2, 0) is 14.3 Å². The molecule has 9 heteroatoms. The van der Waals surface area contributed by atoms with E-state index in [0.29, 0.717) is 0 Å². The van der Waals surface area contributed by atoms with Crippen LogP contribution < -0.4 is 10.1 Å². The van der Waals surface area contributed by atoms with Gasteiger partial charge in [-0.25, -0.2) is 4.79 Å². The number of para-hydroxylation sites is 2. The van der Waals surface area contributed by atoms with Crippen molar-refractivity contribution in [1.82, 2.24) is 5.32 Å². The largest absolute Gasteiger partial charge is 0.480 e. The molecule has 0 bridgehead atoms. The molecular formula is C12H14N2O7. The molecular weight excluding hydrogens is 284 g/mol. The van der Waals surface area contributed by atoms with Gasteiger partial charge in [-0.05, 0) is 6.07 Å². The van der Waals surface area contributed by atoms with E-state index in [-0.39, 0.29) is 31.2 Å². The summed E-state index contributed by atoms with van der Waals surface area (Å²) in [5.41, 5.74) is -0.227. The molecule has 114 valence electrons. The average molecular weight is 298 g/mol. The van der Waals surface area contributed by atoms with Crippen LogP contribution >= 0.6 is 0 Å². The molecule has 0 spiro atoms. The Bertz CT molecular complexity index is 518. The number of carboxylic acids is 1. The maximum absolute atomic E-state index is 11.4. The van der Waals surface area contributed by atoms with Crippen molar-refractivity contribution in [3.05, 3.63) is 34.4 Å². The van der Waals surface area contributed by atoms with Gasteiger partial charge in [-0.1, -0.05) is 12.1 Å². The Balaban J connectivity index is 2.30. The van der Waals surface area contributed by atoms with Crippen molar-refractivity contribution in [2.24, 2.45) is 0 Å². The molecule has 1 aromatic rings. The van der Waals surface area contributed by atoms with Gasteiger partial charge >= 0.3 is 11.7 Å². The van der Waals surface area contributed by atoms with Gasteiger partial charge in [0.15, 0.2) is 12.4 Å². The molecule has 0 heterocycles. The summed E-state index contributed by atoms with van der Waals surface area (Å²) < 4.78 is 9.78. The van der Waals surface area contributed by atoms with Gasteiger partial charge in [-0.3, -0.25) is 14.9 Å². The zero-order valence-corrected chi connectivity index (χ0v) is 11.0. The summed E-state index contributed by atoms with van der Waals surface area (Å²) in [6.07, 6.45) is 0. The van der Waals surface area contributed by atoms with Crippen molar-refractivity contribution in [2.75, 3.05) is 26.4 Å². The van der Waals surface area contributed by atoms with Gasteiger partial charge in [-0.15, -0.1) is 0 Å². The van der Waals surface area contributed by atoms with E-state index in [0.717, 1.165) is 0 Å². The van der Waals surface area contributed by atoms with Crippen LogP contribution in [0.4, 0.5) is 5.69 Å². The van der Waals surface area contributed by atoms with E-state index in [1.165, 1.54) is 18.2 Å². The molecule has 0 fully saturated rings. The van der Waals surface area contributed by atoms with E-state index in [4.69, 9.17) is 14.6 Å². The normalized spacial score (nSPS) is 9.90. The van der Waals surface area contributed by atoms with Gasteiger partial charge in [0.1, 0.15) is 6.61 Å². The first kappa shape index (κ1) is 16.4. The van der Waals surface area contributed by atoms with E-state index in [9.17, 15) is 19.7 Å². The van der Waals surface area contributed by atoms with Gasteiger partial charge in [0.05, 0.1) is 11.5 Å². The zero-order valence-electron chi connectivity index (χ0n) is 11.0. The van der Waals surface area contributed by atoms with E-state index < -0.39 is 23.4 Å². The lowest BCUT2D eigenvalue weighted by Crippen LogP contribution is -2.32. The fourth-order valence-electron chi connectivity index (χ4n) is 1.35. The first-order valence-corrected chi connectivity index (χ1v) is 5.93. The lowest BCUT2D eigenvalue weighted by Gasteiger charge is -2.07. The molecule has 0 aliphatic carbocycles. The highest BCUT2D eigenvalue weighted by Crippen LogP contribution is 2.25. The average Bonchev–Trinajstić information content (AvgIpc) is 2.44. The minimum atomic E-state index is -1.10. The number of amides is 1. The first-order valence-electron chi connectivity index (χ1n) is 5.93. The van der Waals surface area contributed by atoms with Crippen molar-refractivity contribution in [1.29, 1.82) is 0 Å². The molecule has 0 aromatic heterocycles. The lowest BCUT2D eigenvalue weighted by atomic mass is 10.3. The summed E-state index contributed by atoms with van der Waals surface area (Å²) in [6, 6.07) is 5.71. The Morgan fingerprint density at radius 1 is 1.29 bits per heavy atom. The number of ether oxygens (including phenoxy) is 2. The van der Waals surface area contributed by atoms with Crippen LogP contribution in [0.15, 0.2) is 24.3 Å². The van der Waals surface area contributed by atoms with Crippen LogP contribution in [-0.4, -0.2) is 48.3 Å². The number of carbonyl (C=O) groups is 2. The van der Waals surface area contributed by atoms with Crippen molar-refractivity contribution in [2.45, 2.75) is 0 Å². The van der Waals surface area contributed by atoms with E-state index in [2.05, 4.69) is 5.32 Å². The maximum atomic E-state index is 11.4. The fourth-order valence-corrected chi connectivity index (χ4v) is 1.35. The molecule has 0 saturated carbocycles. The standard InChI is InChI=1S/C12H14N2O7/c15-11(13-5-6-20-8-12(16)17)7-21-10-4-2-1-3-9(10)14(18)19/h1-4H,5-8H2,(H,13,15)(H,16,17). The third-order valence-corrected chi connectivity index (χ3v) is 2.21. The molecule has 1 rings (SSSR count). The van der Waals surface area contributed by atoms with Crippen molar-refractivity contribution in [3.63, 3.8) is 0 Å². The monoisotopic (exact) mass is 298 g/mol. The van der Waals surface area contributed by atoms with Gasteiger partial charge in [0.2, 0.25) is 0 Å². The quantitative estimate of drug-likeness (QED) is 0.378. The smallest absolute Gasteiger partial charge is 0.329 e. The summed E-state index contributed by atoms with van der Waals surface area (Å²) in [5.74, 6) is -1.59. The Morgan fingerprint density at radius 3 is 2.67 bits per heavy atom. The second-order valence-corrected chi connectivity index (χ2v) is 3.81. The molecule has 1 amide bonds. The second kappa shape index (κ2) is 8.48. The lowest BCUT2D eigenvalue weighted by molar-refractivity contribution is -0.385. The molecule has 0 saturated heterocycles. The number of rotatable bonds is 9. The molecule has 0 aliphatic heterocycles. The predicted molar refractivity (Wildman–Crippen MR) is 70.1 cm³/mol. The van der Waals surface area contributed by atoms with Crippen LogP contribution in [0.1, 0.15) is 0 Å². The molecule has 9 nitrogen and oxygen atoms in total. The SMILES string of the molecule is O=C(O)COCCNC(=O)COc1ccccc1[N+](=O)[O-]. The number of nitro benzene ring substituents is 1. The number of benzene rings is 1. The molecule has 0 radical (unpaired) electrons. The summed E-state index contributed by atoms with van der Waals surface area (Å²) in [7, 11) is 0. The molecule has 21 heavy (non-hydrogen) atoms. The second-order valence-electron chi connectivity index (χ2n) is 3.81. The fraction of sp³-hybridized carbons (Fsp3) is 0.333. The summed E-state index contributed by atoms with van der Waals surface area (Å²) >= 11 is 0. The number of nitrogens with zero attached hydrogens (tertiary/aromatic N) is 1. The predicted octanol–water partition coefficient (Wildman–Crippen LogP) is 0.191. The molecule has 0 unspecified atom stereocenters. The highest BCUT2D eigenvalue weighted by Gasteiger charge is 2.14. The number of aliphatic carboxylic acids is 1.